The molecule has 0 saturated carbocycles. The van der Waals surface area contributed by atoms with Crippen LogP contribution in [0.15, 0.2) is 54.7 Å². The van der Waals surface area contributed by atoms with Crippen LogP contribution in [0.1, 0.15) is 29.8 Å². The topological polar surface area (TPSA) is 31.2 Å². The maximum atomic E-state index is 12.5. The summed E-state index contributed by atoms with van der Waals surface area (Å²) < 4.78 is 8.02. The zero-order chi connectivity index (χ0) is 17.1. The van der Waals surface area contributed by atoms with Crippen LogP contribution < -0.4 is 4.74 Å². The molecule has 24 heavy (non-hydrogen) atoms. The molecule has 3 rings (SSSR count). The van der Waals surface area contributed by atoms with Gasteiger partial charge in [0.15, 0.2) is 5.78 Å². The number of aromatic nitrogens is 1. The summed E-state index contributed by atoms with van der Waals surface area (Å²) in [7, 11) is 0. The Bertz CT molecular complexity index is 861. The number of hydrogen-bond acceptors (Lipinski definition) is 2. The van der Waals surface area contributed by atoms with Crippen molar-refractivity contribution in [3.05, 3.63) is 65.9 Å². The summed E-state index contributed by atoms with van der Waals surface area (Å²) in [5.74, 6) is 1.09. The monoisotopic (exact) mass is 321 g/mol. The molecule has 0 unspecified atom stereocenters. The van der Waals surface area contributed by atoms with Crippen molar-refractivity contribution in [2.45, 2.75) is 27.3 Å². The molecule has 3 nitrogen and oxygen atoms in total. The van der Waals surface area contributed by atoms with E-state index in [0.29, 0.717) is 13.2 Å². The third-order valence-corrected chi connectivity index (χ3v) is 4.26. The quantitative estimate of drug-likeness (QED) is 0.607. The Labute approximate surface area is 142 Å². The summed E-state index contributed by atoms with van der Waals surface area (Å²) in [6.45, 7) is 7.20. The minimum atomic E-state index is -0.00697. The van der Waals surface area contributed by atoms with Gasteiger partial charge in [-0.15, -0.1) is 0 Å². The molecule has 3 heteroatoms. The van der Waals surface area contributed by atoms with E-state index in [0.717, 1.165) is 27.8 Å². The fourth-order valence-corrected chi connectivity index (χ4v) is 2.91. The second-order valence-electron chi connectivity index (χ2n) is 6.39. The number of hydrogen-bond donors (Lipinski definition) is 0. The summed E-state index contributed by atoms with van der Waals surface area (Å²) in [6, 6.07) is 16.1. The first-order chi connectivity index (χ1) is 11.6. The van der Waals surface area contributed by atoms with Crippen LogP contribution in [0.4, 0.5) is 0 Å². The van der Waals surface area contributed by atoms with Crippen molar-refractivity contribution in [3.63, 3.8) is 0 Å². The van der Waals surface area contributed by atoms with E-state index >= 15 is 0 Å². The number of carbonyl (C=O) groups is 1. The van der Waals surface area contributed by atoms with E-state index in [1.807, 2.05) is 69.4 Å². The molecular weight excluding hydrogens is 298 g/mol. The summed E-state index contributed by atoms with van der Waals surface area (Å²) in [5, 5.41) is 1.02. The van der Waals surface area contributed by atoms with E-state index in [9.17, 15) is 4.79 Å². The van der Waals surface area contributed by atoms with E-state index in [-0.39, 0.29) is 11.7 Å². The lowest BCUT2D eigenvalue weighted by Crippen LogP contribution is -2.09. The predicted octanol–water partition coefficient (Wildman–Crippen LogP) is 4.87. The van der Waals surface area contributed by atoms with Crippen LogP contribution in [0.5, 0.6) is 5.75 Å². The highest BCUT2D eigenvalue weighted by atomic mass is 16.5. The van der Waals surface area contributed by atoms with Crippen molar-refractivity contribution in [1.82, 2.24) is 4.57 Å². The highest BCUT2D eigenvalue weighted by Gasteiger charge is 2.17. The zero-order valence-corrected chi connectivity index (χ0v) is 14.5. The number of ketones is 1. The molecule has 0 aliphatic carbocycles. The Hall–Kier alpha value is -2.55. The summed E-state index contributed by atoms with van der Waals surface area (Å²) >= 11 is 0. The van der Waals surface area contributed by atoms with Crippen LogP contribution in [-0.2, 0) is 6.54 Å². The van der Waals surface area contributed by atoms with Crippen molar-refractivity contribution in [3.8, 4) is 5.75 Å². The Balaban J connectivity index is 1.82. The van der Waals surface area contributed by atoms with Gasteiger partial charge < -0.3 is 9.30 Å². The number of benzene rings is 2. The second kappa shape index (κ2) is 6.91. The van der Waals surface area contributed by atoms with Gasteiger partial charge in [-0.1, -0.05) is 50.2 Å². The molecule has 0 atom stereocenters. The molecule has 3 aromatic rings. The Kier molecular flexibility index (Phi) is 4.70. The molecular formula is C21H23NO2. The van der Waals surface area contributed by atoms with E-state index in [4.69, 9.17) is 4.74 Å². The molecule has 0 spiro atoms. The first-order valence-electron chi connectivity index (χ1n) is 8.38. The Morgan fingerprint density at radius 3 is 2.54 bits per heavy atom. The van der Waals surface area contributed by atoms with Gasteiger partial charge in [0.05, 0.1) is 6.54 Å². The molecule has 1 heterocycles. The minimum absolute atomic E-state index is 0.00697. The fourth-order valence-electron chi connectivity index (χ4n) is 2.91. The number of rotatable bonds is 6. The highest BCUT2D eigenvalue weighted by Crippen LogP contribution is 2.24. The molecule has 0 aliphatic rings. The van der Waals surface area contributed by atoms with Crippen LogP contribution in [0, 0.1) is 12.8 Å². The van der Waals surface area contributed by atoms with E-state index in [1.54, 1.807) is 0 Å². The van der Waals surface area contributed by atoms with Crippen LogP contribution in [0.2, 0.25) is 0 Å². The summed E-state index contributed by atoms with van der Waals surface area (Å²) in [6.07, 6.45) is 1.97. The average molecular weight is 321 g/mol. The maximum absolute atomic E-state index is 12.5. The molecule has 2 aromatic carbocycles. The van der Waals surface area contributed by atoms with Crippen molar-refractivity contribution in [2.75, 3.05) is 6.61 Å². The largest absolute Gasteiger partial charge is 0.491 e. The van der Waals surface area contributed by atoms with Crippen molar-refractivity contribution in [1.29, 1.82) is 0 Å². The van der Waals surface area contributed by atoms with Gasteiger partial charge in [0.2, 0.25) is 0 Å². The van der Waals surface area contributed by atoms with Gasteiger partial charge in [0.25, 0.3) is 0 Å². The lowest BCUT2D eigenvalue weighted by atomic mass is 10.0. The van der Waals surface area contributed by atoms with Crippen LogP contribution >= 0.6 is 0 Å². The molecule has 1 aromatic heterocycles. The Morgan fingerprint density at radius 1 is 1.08 bits per heavy atom. The lowest BCUT2D eigenvalue weighted by molar-refractivity contribution is 0.0941. The molecule has 0 saturated heterocycles. The third-order valence-electron chi connectivity index (χ3n) is 4.26. The fraction of sp³-hybridized carbons (Fsp3) is 0.286. The van der Waals surface area contributed by atoms with Crippen molar-refractivity contribution >= 4 is 16.7 Å². The maximum Gasteiger partial charge on any atom is 0.167 e. The van der Waals surface area contributed by atoms with Crippen molar-refractivity contribution in [2.24, 2.45) is 5.92 Å². The first kappa shape index (κ1) is 16.3. The molecule has 0 radical (unpaired) electrons. The Morgan fingerprint density at radius 2 is 1.79 bits per heavy atom. The molecule has 124 valence electrons. The lowest BCUT2D eigenvalue weighted by Gasteiger charge is -2.10. The predicted molar refractivity (Wildman–Crippen MR) is 97.8 cm³/mol. The number of carbonyl (C=O) groups excluding carboxylic acids is 1. The molecule has 0 bridgehead atoms. The highest BCUT2D eigenvalue weighted by molar-refractivity contribution is 6.08. The molecule has 0 amide bonds. The van der Waals surface area contributed by atoms with Gasteiger partial charge in [-0.05, 0) is 24.6 Å². The molecule has 0 N–H and O–H groups in total. The SMILES string of the molecule is Cc1ccccc1OCCn1cc(C(=O)C(C)C)c2ccccc21. The first-order valence-corrected chi connectivity index (χ1v) is 8.38. The summed E-state index contributed by atoms with van der Waals surface area (Å²) in [5.41, 5.74) is 3.01. The average Bonchev–Trinajstić information content (AvgIpc) is 2.95. The molecule has 0 aliphatic heterocycles. The standard InChI is InChI=1S/C21H23NO2/c1-15(2)21(23)18-14-22(19-10-6-5-9-17(18)19)12-13-24-20-11-7-4-8-16(20)3/h4-11,14-15H,12-13H2,1-3H3. The number of para-hydroxylation sites is 2. The number of aryl methyl sites for hydroxylation is 1. The molecule has 0 fully saturated rings. The van der Waals surface area contributed by atoms with Gasteiger partial charge in [0.1, 0.15) is 12.4 Å². The number of Topliss-reactive ketones (excluding diaryl/α,β-unsaturated/α-hetero) is 1. The van der Waals surface area contributed by atoms with Gasteiger partial charge in [-0.25, -0.2) is 0 Å². The smallest absolute Gasteiger partial charge is 0.167 e. The van der Waals surface area contributed by atoms with Gasteiger partial charge in [-0.3, -0.25) is 4.79 Å². The van der Waals surface area contributed by atoms with E-state index < -0.39 is 0 Å². The van der Waals surface area contributed by atoms with Gasteiger partial charge >= 0.3 is 0 Å². The van der Waals surface area contributed by atoms with Gasteiger partial charge in [-0.2, -0.15) is 0 Å². The van der Waals surface area contributed by atoms with E-state index in [2.05, 4.69) is 10.6 Å². The zero-order valence-electron chi connectivity index (χ0n) is 14.5. The number of fused-ring (bicyclic) bond motifs is 1. The van der Waals surface area contributed by atoms with Crippen LogP contribution in [-0.4, -0.2) is 17.0 Å². The minimum Gasteiger partial charge on any atom is -0.491 e. The van der Waals surface area contributed by atoms with Gasteiger partial charge in [0, 0.05) is 28.6 Å². The summed E-state index contributed by atoms with van der Waals surface area (Å²) in [4.78, 5) is 12.5. The number of nitrogens with zero attached hydrogens (tertiary/aromatic N) is 1. The van der Waals surface area contributed by atoms with Crippen molar-refractivity contribution < 1.29 is 9.53 Å². The van der Waals surface area contributed by atoms with Crippen LogP contribution in [0.3, 0.4) is 0 Å². The number of ether oxygens (including phenoxy) is 1. The van der Waals surface area contributed by atoms with Crippen LogP contribution in [0.25, 0.3) is 10.9 Å². The normalized spacial score (nSPS) is 11.2. The van der Waals surface area contributed by atoms with E-state index in [1.165, 1.54) is 0 Å². The second-order valence-corrected chi connectivity index (χ2v) is 6.39. The third kappa shape index (κ3) is 3.21.